The van der Waals surface area contributed by atoms with Gasteiger partial charge in [-0.05, 0) is 43.1 Å². The lowest BCUT2D eigenvalue weighted by atomic mass is 9.88. The molecule has 1 aromatic heterocycles. The van der Waals surface area contributed by atoms with Crippen molar-refractivity contribution in [1.29, 1.82) is 0 Å². The molecule has 2 aliphatic carbocycles. The van der Waals surface area contributed by atoms with E-state index in [2.05, 4.69) is 21.9 Å². The summed E-state index contributed by atoms with van der Waals surface area (Å²) >= 11 is 0. The molecule has 0 saturated heterocycles. The molecule has 0 spiro atoms. The third-order valence-electron chi connectivity index (χ3n) is 4.44. The van der Waals surface area contributed by atoms with Crippen LogP contribution in [0.5, 0.6) is 0 Å². The minimum absolute atomic E-state index is 0.363. The van der Waals surface area contributed by atoms with Crippen molar-refractivity contribution in [3.8, 4) is 0 Å². The Hall–Kier alpha value is -1.32. The summed E-state index contributed by atoms with van der Waals surface area (Å²) in [6.07, 6.45) is 7.51. The van der Waals surface area contributed by atoms with Crippen LogP contribution in [-0.4, -0.2) is 23.6 Å². The largest absolute Gasteiger partial charge is 0.368 e. The molecule has 4 heteroatoms. The maximum Gasteiger partial charge on any atom is 0.221 e. The summed E-state index contributed by atoms with van der Waals surface area (Å²) in [7, 11) is 2.10. The van der Waals surface area contributed by atoms with E-state index in [1.165, 1.54) is 25.7 Å². The van der Waals surface area contributed by atoms with Gasteiger partial charge in [0.25, 0.3) is 0 Å². The summed E-state index contributed by atoms with van der Waals surface area (Å²) in [6.45, 7) is 1.11. The molecule has 0 amide bonds. The Bertz CT molecular complexity index is 406. The highest BCUT2D eigenvalue weighted by molar-refractivity contribution is 5.40. The molecule has 1 heterocycles. The molecule has 17 heavy (non-hydrogen) atoms. The molecular formula is C13H20N4. The van der Waals surface area contributed by atoms with Gasteiger partial charge in [0.2, 0.25) is 5.95 Å². The van der Waals surface area contributed by atoms with Gasteiger partial charge >= 0.3 is 0 Å². The van der Waals surface area contributed by atoms with Crippen LogP contribution < -0.4 is 10.6 Å². The first-order valence-corrected chi connectivity index (χ1v) is 6.52. The van der Waals surface area contributed by atoms with E-state index >= 15 is 0 Å². The van der Waals surface area contributed by atoms with Crippen molar-refractivity contribution in [1.82, 2.24) is 9.97 Å². The zero-order valence-corrected chi connectivity index (χ0v) is 10.3. The van der Waals surface area contributed by atoms with E-state index in [0.717, 1.165) is 30.1 Å². The second kappa shape index (κ2) is 4.17. The highest BCUT2D eigenvalue weighted by atomic mass is 15.2. The molecule has 0 aromatic carbocycles. The lowest BCUT2D eigenvalue weighted by molar-refractivity contribution is 0.337. The lowest BCUT2D eigenvalue weighted by Crippen LogP contribution is -2.29. The Balaban J connectivity index is 1.65. The van der Waals surface area contributed by atoms with Crippen molar-refractivity contribution >= 4 is 11.8 Å². The predicted molar refractivity (Wildman–Crippen MR) is 68.7 cm³/mol. The summed E-state index contributed by atoms with van der Waals surface area (Å²) in [4.78, 5) is 10.4. The van der Waals surface area contributed by atoms with Gasteiger partial charge in [0, 0.05) is 19.8 Å². The first-order chi connectivity index (χ1) is 8.22. The zero-order chi connectivity index (χ0) is 11.8. The lowest BCUT2D eigenvalue weighted by Gasteiger charge is -2.27. The third-order valence-corrected chi connectivity index (χ3v) is 4.44. The summed E-state index contributed by atoms with van der Waals surface area (Å²) in [6, 6.07) is 1.93. The number of aromatic nitrogens is 2. The first kappa shape index (κ1) is 10.8. The monoisotopic (exact) mass is 232 g/mol. The number of anilines is 2. The van der Waals surface area contributed by atoms with Crippen LogP contribution in [0, 0.1) is 17.8 Å². The molecule has 3 unspecified atom stereocenters. The number of hydrogen-bond donors (Lipinski definition) is 1. The van der Waals surface area contributed by atoms with Crippen LogP contribution in [0.25, 0.3) is 0 Å². The Morgan fingerprint density at radius 2 is 2.29 bits per heavy atom. The maximum absolute atomic E-state index is 5.62. The van der Waals surface area contributed by atoms with Crippen molar-refractivity contribution < 1.29 is 0 Å². The highest BCUT2D eigenvalue weighted by Crippen LogP contribution is 2.48. The summed E-state index contributed by atoms with van der Waals surface area (Å²) in [5, 5.41) is 0. The SMILES string of the molecule is CN(CC1CC2CCC1C2)c1ccnc(N)n1. The molecule has 3 atom stereocenters. The van der Waals surface area contributed by atoms with Crippen LogP contribution in [0.4, 0.5) is 11.8 Å². The normalized spacial score (nSPS) is 30.8. The van der Waals surface area contributed by atoms with Gasteiger partial charge < -0.3 is 10.6 Å². The fraction of sp³-hybridized carbons (Fsp3) is 0.692. The number of rotatable bonds is 3. The molecule has 2 N–H and O–H groups in total. The molecule has 2 aliphatic rings. The van der Waals surface area contributed by atoms with E-state index in [1.54, 1.807) is 6.20 Å². The van der Waals surface area contributed by atoms with Crippen molar-refractivity contribution in [2.24, 2.45) is 17.8 Å². The van der Waals surface area contributed by atoms with E-state index in [-0.39, 0.29) is 0 Å². The average Bonchev–Trinajstić information content (AvgIpc) is 2.91. The zero-order valence-electron chi connectivity index (χ0n) is 10.3. The van der Waals surface area contributed by atoms with Gasteiger partial charge in [-0.25, -0.2) is 4.98 Å². The van der Waals surface area contributed by atoms with Gasteiger partial charge in [-0.2, -0.15) is 4.98 Å². The number of nitrogens with zero attached hydrogens (tertiary/aromatic N) is 3. The molecule has 2 fully saturated rings. The Kier molecular flexibility index (Phi) is 2.65. The van der Waals surface area contributed by atoms with Crippen LogP contribution in [0.2, 0.25) is 0 Å². The number of hydrogen-bond acceptors (Lipinski definition) is 4. The summed E-state index contributed by atoms with van der Waals surface area (Å²) < 4.78 is 0. The molecule has 0 aliphatic heterocycles. The second-order valence-electron chi connectivity index (χ2n) is 5.59. The number of nitrogen functional groups attached to an aromatic ring is 1. The molecule has 1 aromatic rings. The van der Waals surface area contributed by atoms with Gasteiger partial charge in [-0.15, -0.1) is 0 Å². The average molecular weight is 232 g/mol. The van der Waals surface area contributed by atoms with Crippen molar-refractivity contribution in [3.05, 3.63) is 12.3 Å². The third kappa shape index (κ3) is 2.08. The van der Waals surface area contributed by atoms with Crippen molar-refractivity contribution in [2.45, 2.75) is 25.7 Å². The van der Waals surface area contributed by atoms with Crippen LogP contribution in [0.1, 0.15) is 25.7 Å². The molecular weight excluding hydrogens is 212 g/mol. The predicted octanol–water partition coefficient (Wildman–Crippen LogP) is 1.93. The fourth-order valence-electron chi connectivity index (χ4n) is 3.62. The smallest absolute Gasteiger partial charge is 0.221 e. The molecule has 92 valence electrons. The van der Waals surface area contributed by atoms with E-state index in [9.17, 15) is 0 Å². The van der Waals surface area contributed by atoms with Gasteiger partial charge in [-0.3, -0.25) is 0 Å². The van der Waals surface area contributed by atoms with Gasteiger partial charge in [0.1, 0.15) is 5.82 Å². The van der Waals surface area contributed by atoms with Crippen molar-refractivity contribution in [2.75, 3.05) is 24.2 Å². The van der Waals surface area contributed by atoms with E-state index in [1.807, 2.05) is 6.07 Å². The fourth-order valence-corrected chi connectivity index (χ4v) is 3.62. The van der Waals surface area contributed by atoms with Crippen molar-refractivity contribution in [3.63, 3.8) is 0 Å². The van der Waals surface area contributed by atoms with Gasteiger partial charge in [0.05, 0.1) is 0 Å². The van der Waals surface area contributed by atoms with Crippen LogP contribution in [-0.2, 0) is 0 Å². The minimum Gasteiger partial charge on any atom is -0.368 e. The number of fused-ring (bicyclic) bond motifs is 2. The molecule has 3 rings (SSSR count). The standard InChI is InChI=1S/C13H20N4/c1-17(12-4-5-15-13(14)16-12)8-11-7-9-2-3-10(11)6-9/h4-5,9-11H,2-3,6-8H2,1H3,(H2,14,15,16). The molecule has 2 saturated carbocycles. The molecule has 0 radical (unpaired) electrons. The maximum atomic E-state index is 5.62. The molecule has 2 bridgehead atoms. The first-order valence-electron chi connectivity index (χ1n) is 6.52. The van der Waals surface area contributed by atoms with E-state index in [4.69, 9.17) is 5.73 Å². The van der Waals surface area contributed by atoms with E-state index in [0.29, 0.717) is 5.95 Å². The van der Waals surface area contributed by atoms with Gasteiger partial charge in [-0.1, -0.05) is 6.42 Å². The highest BCUT2D eigenvalue weighted by Gasteiger charge is 2.39. The topological polar surface area (TPSA) is 55.0 Å². The molecule has 4 nitrogen and oxygen atoms in total. The van der Waals surface area contributed by atoms with Crippen LogP contribution in [0.3, 0.4) is 0 Å². The van der Waals surface area contributed by atoms with Gasteiger partial charge in [0.15, 0.2) is 0 Å². The summed E-state index contributed by atoms with van der Waals surface area (Å²) in [5.41, 5.74) is 5.62. The summed E-state index contributed by atoms with van der Waals surface area (Å²) in [5.74, 6) is 4.13. The second-order valence-corrected chi connectivity index (χ2v) is 5.59. The number of nitrogens with two attached hydrogens (primary N) is 1. The minimum atomic E-state index is 0.363. The Morgan fingerprint density at radius 1 is 1.41 bits per heavy atom. The Labute approximate surface area is 102 Å². The Morgan fingerprint density at radius 3 is 2.94 bits per heavy atom. The quantitative estimate of drug-likeness (QED) is 0.865. The van der Waals surface area contributed by atoms with Crippen LogP contribution in [0.15, 0.2) is 12.3 Å². The van der Waals surface area contributed by atoms with E-state index < -0.39 is 0 Å². The van der Waals surface area contributed by atoms with Crippen LogP contribution >= 0.6 is 0 Å².